The molecule has 25 heavy (non-hydrogen) atoms. The number of rotatable bonds is 8. The van der Waals surface area contributed by atoms with E-state index < -0.39 is 0 Å². The summed E-state index contributed by atoms with van der Waals surface area (Å²) < 4.78 is 7.45. The minimum atomic E-state index is 0.337. The third kappa shape index (κ3) is 4.85. The average molecular weight is 338 g/mol. The number of hydrogen-bond donors (Lipinski definition) is 1. The quantitative estimate of drug-likeness (QED) is 0.635. The molecule has 7 nitrogen and oxygen atoms in total. The molecule has 0 unspecified atom stereocenters. The highest BCUT2D eigenvalue weighted by Gasteiger charge is 2.10. The predicted molar refractivity (Wildman–Crippen MR) is 95.9 cm³/mol. The molecule has 0 spiro atoms. The Bertz CT molecular complexity index is 787. The molecule has 3 aromatic rings. The van der Waals surface area contributed by atoms with Gasteiger partial charge < -0.3 is 15.0 Å². The second kappa shape index (κ2) is 8.36. The van der Waals surface area contributed by atoms with Crippen molar-refractivity contribution in [1.82, 2.24) is 30.4 Å². The summed E-state index contributed by atoms with van der Waals surface area (Å²) in [6.07, 6.45) is 0. The summed E-state index contributed by atoms with van der Waals surface area (Å²) in [5, 5.41) is 15.1. The smallest absolute Gasteiger partial charge is 0.345 e. The van der Waals surface area contributed by atoms with Crippen LogP contribution in [-0.2, 0) is 6.54 Å². The van der Waals surface area contributed by atoms with E-state index in [9.17, 15) is 0 Å². The van der Waals surface area contributed by atoms with Gasteiger partial charge in [0.1, 0.15) is 5.75 Å². The van der Waals surface area contributed by atoms with Crippen LogP contribution < -0.4 is 10.1 Å². The molecule has 0 aliphatic rings. The second-order valence-electron chi connectivity index (χ2n) is 5.94. The van der Waals surface area contributed by atoms with E-state index in [0.717, 1.165) is 30.9 Å². The molecule has 0 aliphatic heterocycles. The Morgan fingerprint density at radius 1 is 1.08 bits per heavy atom. The van der Waals surface area contributed by atoms with Crippen LogP contribution in [0, 0.1) is 0 Å². The molecule has 1 heterocycles. The first-order valence-corrected chi connectivity index (χ1v) is 8.18. The monoisotopic (exact) mass is 338 g/mol. The van der Waals surface area contributed by atoms with Crippen molar-refractivity contribution in [3.8, 4) is 17.4 Å². The zero-order valence-corrected chi connectivity index (χ0v) is 14.5. The maximum atomic E-state index is 5.88. The van der Waals surface area contributed by atoms with Crippen LogP contribution in [-0.4, -0.2) is 52.3 Å². The van der Waals surface area contributed by atoms with Crippen LogP contribution >= 0.6 is 0 Å². The van der Waals surface area contributed by atoms with Gasteiger partial charge in [0.15, 0.2) is 0 Å². The molecule has 1 aromatic heterocycles. The van der Waals surface area contributed by atoms with Crippen LogP contribution in [0.15, 0.2) is 54.6 Å². The first-order valence-electron chi connectivity index (χ1n) is 8.18. The lowest BCUT2D eigenvalue weighted by atomic mass is 10.2. The standard InChI is InChI=1S/C18H22N6O/c1-23(2)12-11-19-14-15-7-6-10-17(13-15)25-18-20-21-22-24(18)16-8-4-3-5-9-16/h3-10,13,19H,11-12,14H2,1-2H3. The van der Waals surface area contributed by atoms with Crippen molar-refractivity contribution in [3.05, 3.63) is 60.2 Å². The summed E-state index contributed by atoms with van der Waals surface area (Å²) in [7, 11) is 4.13. The first kappa shape index (κ1) is 17.1. The largest absolute Gasteiger partial charge is 0.423 e. The van der Waals surface area contributed by atoms with Gasteiger partial charge in [-0.1, -0.05) is 35.4 Å². The molecule has 1 N–H and O–H groups in total. The summed E-state index contributed by atoms with van der Waals surface area (Å²) in [5.41, 5.74) is 2.00. The molecule has 0 bridgehead atoms. The van der Waals surface area contributed by atoms with Gasteiger partial charge in [0, 0.05) is 19.6 Å². The van der Waals surface area contributed by atoms with Gasteiger partial charge in [0.05, 0.1) is 5.69 Å². The van der Waals surface area contributed by atoms with E-state index in [-0.39, 0.29) is 0 Å². The van der Waals surface area contributed by atoms with Crippen LogP contribution in [0.4, 0.5) is 0 Å². The molecular weight excluding hydrogens is 316 g/mol. The van der Waals surface area contributed by atoms with E-state index in [2.05, 4.69) is 45.9 Å². The molecule has 0 saturated heterocycles. The van der Waals surface area contributed by atoms with Gasteiger partial charge in [0.25, 0.3) is 0 Å². The van der Waals surface area contributed by atoms with Crippen LogP contribution in [0.5, 0.6) is 11.8 Å². The van der Waals surface area contributed by atoms with Crippen molar-refractivity contribution < 1.29 is 4.74 Å². The molecule has 0 aliphatic carbocycles. The number of aromatic nitrogens is 4. The Morgan fingerprint density at radius 2 is 1.92 bits per heavy atom. The van der Waals surface area contributed by atoms with Gasteiger partial charge in [-0.15, -0.1) is 0 Å². The SMILES string of the molecule is CN(C)CCNCc1cccc(Oc2nnnn2-c2ccccc2)c1. The van der Waals surface area contributed by atoms with Gasteiger partial charge in [-0.2, -0.15) is 4.68 Å². The summed E-state index contributed by atoms with van der Waals surface area (Å²) in [4.78, 5) is 2.15. The minimum Gasteiger partial charge on any atom is -0.423 e. The summed E-state index contributed by atoms with van der Waals surface area (Å²) >= 11 is 0. The van der Waals surface area contributed by atoms with E-state index in [1.165, 1.54) is 0 Å². The Kier molecular flexibility index (Phi) is 5.71. The van der Waals surface area contributed by atoms with Gasteiger partial charge in [-0.25, -0.2) is 0 Å². The van der Waals surface area contributed by atoms with E-state index in [1.807, 2.05) is 48.5 Å². The Labute approximate surface area is 147 Å². The van der Waals surface area contributed by atoms with E-state index in [4.69, 9.17) is 4.74 Å². The number of nitrogens with one attached hydrogen (secondary N) is 1. The van der Waals surface area contributed by atoms with E-state index in [0.29, 0.717) is 11.8 Å². The molecule has 2 aromatic carbocycles. The normalized spacial score (nSPS) is 11.0. The lowest BCUT2D eigenvalue weighted by molar-refractivity contribution is 0.399. The van der Waals surface area contributed by atoms with Gasteiger partial charge in [0.2, 0.25) is 0 Å². The maximum Gasteiger partial charge on any atom is 0.345 e. The van der Waals surface area contributed by atoms with E-state index in [1.54, 1.807) is 4.68 Å². The number of para-hydroxylation sites is 1. The Balaban J connectivity index is 1.66. The topological polar surface area (TPSA) is 68.1 Å². The minimum absolute atomic E-state index is 0.337. The molecule has 0 atom stereocenters. The molecule has 0 fully saturated rings. The van der Waals surface area contributed by atoms with Gasteiger partial charge in [-0.05, 0) is 54.4 Å². The average Bonchev–Trinajstić information content (AvgIpc) is 3.08. The van der Waals surface area contributed by atoms with E-state index >= 15 is 0 Å². The molecule has 3 rings (SSSR count). The molecule has 130 valence electrons. The highest BCUT2D eigenvalue weighted by molar-refractivity contribution is 5.34. The van der Waals surface area contributed by atoms with Crippen molar-refractivity contribution >= 4 is 0 Å². The predicted octanol–water partition coefficient (Wildman–Crippen LogP) is 2.11. The molecule has 0 saturated carbocycles. The summed E-state index contributed by atoms with van der Waals surface area (Å²) in [5.74, 6) is 0.707. The van der Waals surface area contributed by atoms with Crippen molar-refractivity contribution in [2.75, 3.05) is 27.2 Å². The van der Waals surface area contributed by atoms with Crippen LogP contribution in [0.3, 0.4) is 0 Å². The lowest BCUT2D eigenvalue weighted by Crippen LogP contribution is -2.26. The van der Waals surface area contributed by atoms with Crippen LogP contribution in [0.25, 0.3) is 5.69 Å². The zero-order valence-electron chi connectivity index (χ0n) is 14.5. The molecule has 0 amide bonds. The fourth-order valence-electron chi connectivity index (χ4n) is 2.33. The first-order chi connectivity index (χ1) is 12.2. The summed E-state index contributed by atoms with van der Waals surface area (Å²) in [6.45, 7) is 2.72. The maximum absolute atomic E-state index is 5.88. The third-order valence-electron chi connectivity index (χ3n) is 3.61. The number of benzene rings is 2. The number of hydrogen-bond acceptors (Lipinski definition) is 6. The fraction of sp³-hybridized carbons (Fsp3) is 0.278. The number of nitrogens with zero attached hydrogens (tertiary/aromatic N) is 5. The summed E-state index contributed by atoms with van der Waals surface area (Å²) in [6, 6.07) is 17.9. The molecule has 0 radical (unpaired) electrons. The van der Waals surface area contributed by atoms with Crippen LogP contribution in [0.2, 0.25) is 0 Å². The number of tetrazole rings is 1. The zero-order chi connectivity index (χ0) is 17.5. The van der Waals surface area contributed by atoms with Gasteiger partial charge >= 0.3 is 6.01 Å². The number of ether oxygens (including phenoxy) is 1. The van der Waals surface area contributed by atoms with Crippen molar-refractivity contribution in [2.45, 2.75) is 6.54 Å². The fourth-order valence-corrected chi connectivity index (χ4v) is 2.33. The van der Waals surface area contributed by atoms with Crippen LogP contribution in [0.1, 0.15) is 5.56 Å². The molecule has 7 heteroatoms. The number of likely N-dealkylation sites (N-methyl/N-ethyl adjacent to an activating group) is 1. The third-order valence-corrected chi connectivity index (χ3v) is 3.61. The second-order valence-corrected chi connectivity index (χ2v) is 5.94. The van der Waals surface area contributed by atoms with Crippen molar-refractivity contribution in [2.24, 2.45) is 0 Å². The van der Waals surface area contributed by atoms with Gasteiger partial charge in [-0.3, -0.25) is 0 Å². The van der Waals surface area contributed by atoms with Crippen molar-refractivity contribution in [1.29, 1.82) is 0 Å². The lowest BCUT2D eigenvalue weighted by Gasteiger charge is -2.11. The molecular formula is C18H22N6O. The van der Waals surface area contributed by atoms with Crippen molar-refractivity contribution in [3.63, 3.8) is 0 Å². The highest BCUT2D eigenvalue weighted by Crippen LogP contribution is 2.21. The Morgan fingerprint density at radius 3 is 2.72 bits per heavy atom. The highest BCUT2D eigenvalue weighted by atomic mass is 16.5. The Hall–Kier alpha value is -2.77.